The maximum atomic E-state index is 11.3. The molecule has 2 aromatic rings. The number of hydrogen-bond donors (Lipinski definition) is 2. The van der Waals surface area contributed by atoms with Gasteiger partial charge >= 0.3 is 0 Å². The van der Waals surface area contributed by atoms with E-state index in [1.165, 1.54) is 0 Å². The number of morpholine rings is 1. The Morgan fingerprint density at radius 2 is 1.65 bits per heavy atom. The predicted octanol–water partition coefficient (Wildman–Crippen LogP) is 4.28. The predicted molar refractivity (Wildman–Crippen MR) is 92.7 cm³/mol. The molecule has 0 unspecified atom stereocenters. The van der Waals surface area contributed by atoms with Crippen molar-refractivity contribution in [1.29, 1.82) is 0 Å². The van der Waals surface area contributed by atoms with Crippen LogP contribution in [0.2, 0.25) is 10.0 Å². The lowest BCUT2D eigenvalue weighted by atomic mass is 9.89. The minimum absolute atomic E-state index is 0.184. The van der Waals surface area contributed by atoms with Crippen LogP contribution in [0, 0.1) is 0 Å². The molecule has 0 aromatic heterocycles. The van der Waals surface area contributed by atoms with Crippen molar-refractivity contribution in [2.45, 2.75) is 31.2 Å². The highest BCUT2D eigenvalue weighted by molar-refractivity contribution is 6.30. The summed E-state index contributed by atoms with van der Waals surface area (Å²) in [6.45, 7) is 2.53. The van der Waals surface area contributed by atoms with Crippen LogP contribution in [-0.2, 0) is 10.5 Å². The second kappa shape index (κ2) is 6.80. The highest BCUT2D eigenvalue weighted by Gasteiger charge is 2.45. The van der Waals surface area contributed by atoms with E-state index in [-0.39, 0.29) is 12.1 Å². The SMILES string of the molecule is CC[C@@H]1CO[C@](O)(c2ccc(Cl)cc2)[C@H](c2ccc(Cl)cc2)N1. The van der Waals surface area contributed by atoms with E-state index in [0.717, 1.165) is 12.0 Å². The number of halogens is 2. The topological polar surface area (TPSA) is 41.5 Å². The van der Waals surface area contributed by atoms with Crippen molar-refractivity contribution in [3.63, 3.8) is 0 Å². The van der Waals surface area contributed by atoms with Gasteiger partial charge in [0.05, 0.1) is 12.6 Å². The molecule has 1 aliphatic rings. The average Bonchev–Trinajstić information content (AvgIpc) is 2.57. The Bertz CT molecular complexity index is 660. The van der Waals surface area contributed by atoms with Gasteiger partial charge < -0.3 is 15.2 Å². The molecule has 5 heteroatoms. The summed E-state index contributed by atoms with van der Waals surface area (Å²) in [6.07, 6.45) is 0.917. The van der Waals surface area contributed by atoms with Gasteiger partial charge in [0.1, 0.15) is 0 Å². The second-order valence-corrected chi connectivity index (χ2v) is 6.64. The third kappa shape index (κ3) is 3.39. The highest BCUT2D eigenvalue weighted by atomic mass is 35.5. The molecule has 0 saturated carbocycles. The Kier molecular flexibility index (Phi) is 4.95. The van der Waals surface area contributed by atoms with Crippen molar-refractivity contribution in [1.82, 2.24) is 5.32 Å². The van der Waals surface area contributed by atoms with E-state index in [9.17, 15) is 5.11 Å². The van der Waals surface area contributed by atoms with Crippen molar-refractivity contribution in [3.05, 3.63) is 69.7 Å². The number of rotatable bonds is 3. The summed E-state index contributed by atoms with van der Waals surface area (Å²) in [6, 6.07) is 14.3. The van der Waals surface area contributed by atoms with Gasteiger partial charge in [0.15, 0.2) is 0 Å². The van der Waals surface area contributed by atoms with Gasteiger partial charge in [0.2, 0.25) is 5.79 Å². The molecule has 3 atom stereocenters. The number of nitrogens with one attached hydrogen (secondary N) is 1. The third-order valence-corrected chi connectivity index (χ3v) is 4.76. The molecule has 1 heterocycles. The van der Waals surface area contributed by atoms with Crippen molar-refractivity contribution in [3.8, 4) is 0 Å². The van der Waals surface area contributed by atoms with Gasteiger partial charge in [-0.25, -0.2) is 0 Å². The zero-order valence-electron chi connectivity index (χ0n) is 12.8. The van der Waals surface area contributed by atoms with Gasteiger partial charge in [-0.15, -0.1) is 0 Å². The maximum Gasteiger partial charge on any atom is 0.212 e. The number of benzene rings is 2. The largest absolute Gasteiger partial charge is 0.360 e. The summed E-state index contributed by atoms with van der Waals surface area (Å²) in [5.74, 6) is -1.45. The number of ether oxygens (including phenoxy) is 1. The summed E-state index contributed by atoms with van der Waals surface area (Å²) < 4.78 is 5.91. The molecular weight excluding hydrogens is 333 g/mol. The summed E-state index contributed by atoms with van der Waals surface area (Å²) >= 11 is 11.9. The molecule has 23 heavy (non-hydrogen) atoms. The molecule has 1 saturated heterocycles. The Morgan fingerprint density at radius 1 is 1.09 bits per heavy atom. The van der Waals surface area contributed by atoms with E-state index in [2.05, 4.69) is 12.2 Å². The molecule has 1 fully saturated rings. The standard InChI is InChI=1S/C18H19Cl2NO2/c1-2-16-11-23-18(22,13-5-9-15(20)10-6-13)17(21-16)12-3-7-14(19)8-4-12/h3-10,16-17,21-22H,2,11H2,1H3/t16-,17+,18-/m1/s1. The summed E-state index contributed by atoms with van der Waals surface area (Å²) in [5.41, 5.74) is 1.59. The molecule has 0 spiro atoms. The Hall–Kier alpha value is -1.10. The molecule has 0 aliphatic carbocycles. The normalized spacial score (nSPS) is 27.8. The molecule has 1 aliphatic heterocycles. The van der Waals surface area contributed by atoms with Crippen LogP contribution >= 0.6 is 23.2 Å². The fourth-order valence-electron chi connectivity index (χ4n) is 2.86. The molecule has 0 radical (unpaired) electrons. The Balaban J connectivity index is 2.01. The minimum Gasteiger partial charge on any atom is -0.360 e. The Labute approximate surface area is 146 Å². The van der Waals surface area contributed by atoms with Gasteiger partial charge in [-0.05, 0) is 36.2 Å². The monoisotopic (exact) mass is 351 g/mol. The smallest absolute Gasteiger partial charge is 0.212 e. The van der Waals surface area contributed by atoms with Crippen LogP contribution in [0.25, 0.3) is 0 Å². The van der Waals surface area contributed by atoms with Crippen LogP contribution < -0.4 is 5.32 Å². The van der Waals surface area contributed by atoms with E-state index < -0.39 is 5.79 Å². The quantitative estimate of drug-likeness (QED) is 0.867. The fourth-order valence-corrected chi connectivity index (χ4v) is 3.11. The minimum atomic E-state index is -1.45. The van der Waals surface area contributed by atoms with Crippen LogP contribution in [-0.4, -0.2) is 17.8 Å². The average molecular weight is 352 g/mol. The molecule has 0 bridgehead atoms. The van der Waals surface area contributed by atoms with Gasteiger partial charge in [0.25, 0.3) is 0 Å². The zero-order valence-corrected chi connectivity index (χ0v) is 14.3. The zero-order chi connectivity index (χ0) is 16.4. The van der Waals surface area contributed by atoms with Gasteiger partial charge in [-0.3, -0.25) is 0 Å². The van der Waals surface area contributed by atoms with Gasteiger partial charge in [-0.1, -0.05) is 54.4 Å². The molecule has 2 aromatic carbocycles. The van der Waals surface area contributed by atoms with Crippen molar-refractivity contribution in [2.75, 3.05) is 6.61 Å². The molecular formula is C18H19Cl2NO2. The molecule has 3 nitrogen and oxygen atoms in total. The summed E-state index contributed by atoms with van der Waals surface area (Å²) in [7, 11) is 0. The van der Waals surface area contributed by atoms with E-state index >= 15 is 0 Å². The lowest BCUT2D eigenvalue weighted by molar-refractivity contribution is -0.259. The lowest BCUT2D eigenvalue weighted by Crippen LogP contribution is -2.54. The van der Waals surface area contributed by atoms with E-state index in [1.807, 2.05) is 24.3 Å². The first-order valence-corrected chi connectivity index (χ1v) is 8.42. The maximum absolute atomic E-state index is 11.3. The van der Waals surface area contributed by atoms with Crippen molar-refractivity contribution < 1.29 is 9.84 Å². The molecule has 3 rings (SSSR count). The third-order valence-electron chi connectivity index (χ3n) is 4.25. The first-order valence-electron chi connectivity index (χ1n) is 7.67. The Morgan fingerprint density at radius 3 is 2.22 bits per heavy atom. The van der Waals surface area contributed by atoms with Crippen LogP contribution in [0.3, 0.4) is 0 Å². The van der Waals surface area contributed by atoms with E-state index in [4.69, 9.17) is 27.9 Å². The first kappa shape index (κ1) is 16.7. The molecule has 2 N–H and O–H groups in total. The number of aliphatic hydroxyl groups is 1. The summed E-state index contributed by atoms with van der Waals surface area (Å²) in [5, 5.41) is 16.0. The van der Waals surface area contributed by atoms with Crippen LogP contribution in [0.15, 0.2) is 48.5 Å². The fraction of sp³-hybridized carbons (Fsp3) is 0.333. The highest BCUT2D eigenvalue weighted by Crippen LogP contribution is 2.40. The number of hydrogen-bond acceptors (Lipinski definition) is 3. The lowest BCUT2D eigenvalue weighted by Gasteiger charge is -2.44. The van der Waals surface area contributed by atoms with Gasteiger partial charge in [-0.2, -0.15) is 0 Å². The molecule has 122 valence electrons. The van der Waals surface area contributed by atoms with E-state index in [1.54, 1.807) is 24.3 Å². The van der Waals surface area contributed by atoms with Crippen LogP contribution in [0.5, 0.6) is 0 Å². The van der Waals surface area contributed by atoms with E-state index in [0.29, 0.717) is 22.2 Å². The first-order chi connectivity index (χ1) is 11.0. The van der Waals surface area contributed by atoms with Crippen LogP contribution in [0.4, 0.5) is 0 Å². The van der Waals surface area contributed by atoms with Crippen LogP contribution in [0.1, 0.15) is 30.5 Å². The van der Waals surface area contributed by atoms with Crippen molar-refractivity contribution in [2.24, 2.45) is 0 Å². The van der Waals surface area contributed by atoms with Gasteiger partial charge in [0, 0.05) is 21.7 Å². The van der Waals surface area contributed by atoms with Crippen molar-refractivity contribution >= 4 is 23.2 Å². The molecule has 0 amide bonds. The second-order valence-electron chi connectivity index (χ2n) is 5.77. The summed E-state index contributed by atoms with van der Waals surface area (Å²) in [4.78, 5) is 0.